The summed E-state index contributed by atoms with van der Waals surface area (Å²) in [5.74, 6) is 3.14. The molecule has 0 amide bonds. The van der Waals surface area contributed by atoms with E-state index in [0.717, 1.165) is 31.4 Å². The fourth-order valence-corrected chi connectivity index (χ4v) is 10.3. The van der Waals surface area contributed by atoms with Gasteiger partial charge in [-0.15, -0.1) is 0 Å². The van der Waals surface area contributed by atoms with Crippen LogP contribution in [0.1, 0.15) is 104 Å². The Morgan fingerprint density at radius 3 is 2.32 bits per heavy atom. The van der Waals surface area contributed by atoms with Gasteiger partial charge in [0.25, 0.3) is 0 Å². The number of nitriles is 1. The molecule has 0 radical (unpaired) electrons. The van der Waals surface area contributed by atoms with Gasteiger partial charge in [0.05, 0.1) is 13.2 Å². The Labute approximate surface area is 269 Å². The molecule has 3 aliphatic carbocycles. The van der Waals surface area contributed by atoms with Gasteiger partial charge in [-0.1, -0.05) is 54.5 Å². The summed E-state index contributed by atoms with van der Waals surface area (Å²) in [7, 11) is -2.67. The smallest absolute Gasteiger partial charge is 0.509 e. The van der Waals surface area contributed by atoms with Gasteiger partial charge in [-0.3, -0.25) is 0 Å². The van der Waals surface area contributed by atoms with Crippen LogP contribution >= 0.6 is 0 Å². The van der Waals surface area contributed by atoms with Crippen molar-refractivity contribution in [2.24, 2.45) is 23.2 Å². The molecule has 1 unspecified atom stereocenters. The van der Waals surface area contributed by atoms with Crippen molar-refractivity contribution >= 4 is 22.8 Å². The van der Waals surface area contributed by atoms with Gasteiger partial charge in [-0.2, -0.15) is 5.26 Å². The van der Waals surface area contributed by atoms with Gasteiger partial charge in [0, 0.05) is 0 Å². The normalized spacial score (nSPS) is 29.5. The second kappa shape index (κ2) is 12.4. The highest BCUT2D eigenvalue weighted by molar-refractivity contribution is 6.75. The molecule has 0 saturated heterocycles. The second-order valence-electron chi connectivity index (χ2n) is 17.2. The Hall–Kier alpha value is -1.83. The maximum absolute atomic E-state index is 11.8. The van der Waals surface area contributed by atoms with E-state index in [9.17, 15) is 10.1 Å². The lowest BCUT2D eigenvalue weighted by molar-refractivity contribution is -0.0273. The summed E-state index contributed by atoms with van der Waals surface area (Å²) in [5.41, 5.74) is 3.11. The Bertz CT molecular complexity index is 1240. The minimum absolute atomic E-state index is 0.0928. The molecule has 1 aromatic rings. The number of methoxy groups -OCH3 is 1. The summed E-state index contributed by atoms with van der Waals surface area (Å²) >= 11 is 0. The van der Waals surface area contributed by atoms with Crippen molar-refractivity contribution < 1.29 is 23.1 Å². The van der Waals surface area contributed by atoms with Crippen LogP contribution in [0.5, 0.6) is 5.75 Å². The number of hydrogen-bond acceptors (Lipinski definition) is 6. The van der Waals surface area contributed by atoms with Crippen LogP contribution in [0.2, 0.25) is 36.3 Å². The molecule has 0 heterocycles. The van der Waals surface area contributed by atoms with E-state index in [1.807, 2.05) is 0 Å². The average Bonchev–Trinajstić information content (AvgIpc) is 3.19. The van der Waals surface area contributed by atoms with Crippen LogP contribution in [0.3, 0.4) is 0 Å². The summed E-state index contributed by atoms with van der Waals surface area (Å²) in [6.45, 7) is 25.7. The molecule has 4 rings (SSSR count). The van der Waals surface area contributed by atoms with E-state index in [1.54, 1.807) is 0 Å². The molecular formula is C36H59NO5Si2. The quantitative estimate of drug-likeness (QED) is 0.208. The van der Waals surface area contributed by atoms with E-state index >= 15 is 0 Å². The second-order valence-corrected chi connectivity index (χ2v) is 26.7. The van der Waals surface area contributed by atoms with Crippen molar-refractivity contribution in [1.82, 2.24) is 0 Å². The van der Waals surface area contributed by atoms with E-state index in [2.05, 4.69) is 104 Å². The Morgan fingerprint density at radius 2 is 1.73 bits per heavy atom. The predicted molar refractivity (Wildman–Crippen MR) is 182 cm³/mol. The first-order valence-electron chi connectivity index (χ1n) is 16.9. The van der Waals surface area contributed by atoms with Crippen LogP contribution in [-0.2, 0) is 20.3 Å². The third-order valence-corrected chi connectivity index (χ3v) is 21.3. The minimum Gasteiger partial charge on any atom is -0.543 e. The standard InChI is InChI=1S/C36H59NO5Si2/c1-34(2,3)43(9,10)41-26-16-18-28-24(21-26)14-17-30-29(28)19-20-36(7)31(30)22-25(13-15-27(23-37)40-33(38)39-8)32(36)42-44(11,12)35(4,5)6/h16,18,21,25,27,29-32H,13-15,17,19-20,22H2,1-12H3/t25-,27?,29-,30-,31+,32+,36+/m1/s1. The number of aryl methyl sites for hydroxylation is 1. The Kier molecular flexibility index (Phi) is 9.88. The average molecular weight is 642 g/mol. The molecule has 2 fully saturated rings. The fraction of sp³-hybridized carbons (Fsp3) is 0.778. The number of nitrogens with zero attached hydrogens (tertiary/aromatic N) is 1. The number of benzene rings is 1. The highest BCUT2D eigenvalue weighted by Crippen LogP contribution is 2.64. The predicted octanol–water partition coefficient (Wildman–Crippen LogP) is 10.00. The van der Waals surface area contributed by atoms with Gasteiger partial charge in [-0.25, -0.2) is 4.79 Å². The van der Waals surface area contributed by atoms with Gasteiger partial charge in [-0.05, 0) is 134 Å². The number of hydrogen-bond donors (Lipinski definition) is 0. The van der Waals surface area contributed by atoms with Crippen LogP contribution in [0.25, 0.3) is 0 Å². The van der Waals surface area contributed by atoms with Crippen LogP contribution in [-0.4, -0.2) is 42.1 Å². The van der Waals surface area contributed by atoms with E-state index in [1.165, 1.54) is 31.1 Å². The molecule has 7 atom stereocenters. The van der Waals surface area contributed by atoms with Crippen LogP contribution in [0.15, 0.2) is 18.2 Å². The van der Waals surface area contributed by atoms with Gasteiger partial charge >= 0.3 is 6.16 Å². The highest BCUT2D eigenvalue weighted by atomic mass is 28.4. The lowest BCUT2D eigenvalue weighted by Crippen LogP contribution is -2.51. The molecule has 0 spiro atoms. The van der Waals surface area contributed by atoms with E-state index in [0.29, 0.717) is 30.1 Å². The monoisotopic (exact) mass is 641 g/mol. The van der Waals surface area contributed by atoms with Gasteiger partial charge < -0.3 is 18.3 Å². The molecule has 0 aromatic heterocycles. The number of rotatable bonds is 8. The number of fused-ring (bicyclic) bond motifs is 5. The van der Waals surface area contributed by atoms with Gasteiger partial charge in [0.15, 0.2) is 14.4 Å². The third-order valence-electron chi connectivity index (χ3n) is 12.5. The topological polar surface area (TPSA) is 77.8 Å². The molecule has 2 saturated carbocycles. The summed E-state index contributed by atoms with van der Waals surface area (Å²) in [6.07, 6.45) is 5.60. The lowest BCUT2D eigenvalue weighted by Gasteiger charge is -2.52. The molecule has 0 bridgehead atoms. The van der Waals surface area contributed by atoms with Crippen molar-refractivity contribution in [1.29, 1.82) is 5.26 Å². The minimum atomic E-state index is -2.05. The summed E-state index contributed by atoms with van der Waals surface area (Å²) in [6, 6.07) is 9.14. The van der Waals surface area contributed by atoms with Crippen molar-refractivity contribution in [2.75, 3.05) is 7.11 Å². The molecular weight excluding hydrogens is 583 g/mol. The van der Waals surface area contributed by atoms with E-state index in [4.69, 9.17) is 13.6 Å². The summed E-state index contributed by atoms with van der Waals surface area (Å²) < 4.78 is 24.0. The summed E-state index contributed by atoms with van der Waals surface area (Å²) in [4.78, 5) is 11.8. The van der Waals surface area contributed by atoms with Crippen LogP contribution in [0, 0.1) is 34.5 Å². The number of carbonyl (C=O) groups excluding carboxylic acids is 1. The van der Waals surface area contributed by atoms with Crippen LogP contribution in [0.4, 0.5) is 4.79 Å². The molecule has 44 heavy (non-hydrogen) atoms. The summed E-state index contributed by atoms with van der Waals surface area (Å²) in [5, 5.41) is 10.00. The zero-order valence-electron chi connectivity index (χ0n) is 29.6. The van der Waals surface area contributed by atoms with Gasteiger partial charge in [0.2, 0.25) is 8.32 Å². The fourth-order valence-electron chi connectivity index (χ4n) is 7.88. The van der Waals surface area contributed by atoms with Crippen molar-refractivity contribution in [2.45, 2.75) is 148 Å². The Balaban J connectivity index is 1.60. The van der Waals surface area contributed by atoms with Gasteiger partial charge in [0.1, 0.15) is 11.8 Å². The first kappa shape index (κ1) is 35.0. The largest absolute Gasteiger partial charge is 0.543 e. The molecule has 8 heteroatoms. The Morgan fingerprint density at radius 1 is 1.07 bits per heavy atom. The molecule has 246 valence electrons. The SMILES string of the molecule is COC(=O)OC(C#N)CC[C@@H]1C[C@H]2[C@@H]3CCc4cc(O[Si](C)(C)C(C)(C)C)ccc4[C@H]3CC[C@]2(C)[C@H]1O[Si](C)(C)C(C)(C)C. The first-order chi connectivity index (χ1) is 20.2. The molecule has 0 aliphatic heterocycles. The van der Waals surface area contributed by atoms with Crippen molar-refractivity contribution in [3.05, 3.63) is 29.3 Å². The highest BCUT2D eigenvalue weighted by Gasteiger charge is 2.60. The molecule has 0 N–H and O–H groups in total. The first-order valence-corrected chi connectivity index (χ1v) is 22.7. The molecule has 6 nitrogen and oxygen atoms in total. The number of ether oxygens (including phenoxy) is 2. The lowest BCUT2D eigenvalue weighted by atomic mass is 9.55. The molecule has 1 aromatic carbocycles. The van der Waals surface area contributed by atoms with Crippen LogP contribution < -0.4 is 4.43 Å². The number of carbonyl (C=O) groups is 1. The molecule has 3 aliphatic rings. The zero-order valence-corrected chi connectivity index (χ0v) is 31.6. The van der Waals surface area contributed by atoms with Crippen molar-refractivity contribution in [3.8, 4) is 11.8 Å². The zero-order chi connectivity index (χ0) is 32.9. The third kappa shape index (κ3) is 6.81. The van der Waals surface area contributed by atoms with Crippen molar-refractivity contribution in [3.63, 3.8) is 0 Å². The maximum atomic E-state index is 11.8. The maximum Gasteiger partial charge on any atom is 0.509 e. The van der Waals surface area contributed by atoms with E-state index in [-0.39, 0.29) is 21.6 Å². The van der Waals surface area contributed by atoms with E-state index < -0.39 is 28.9 Å².